The van der Waals surface area contributed by atoms with Gasteiger partial charge in [0.1, 0.15) is 42.0 Å². The zero-order valence-electron chi connectivity index (χ0n) is 62.5. The predicted octanol–water partition coefficient (Wildman–Crippen LogP) is 17.2. The van der Waals surface area contributed by atoms with Crippen LogP contribution in [0.15, 0.2) is 127 Å². The number of benzene rings is 8. The lowest BCUT2D eigenvalue weighted by molar-refractivity contribution is -0.742. The number of aromatic hydroxyl groups is 4. The number of nitrogens with two attached hydrogens (primary N) is 1. The van der Waals surface area contributed by atoms with Gasteiger partial charge in [0.25, 0.3) is 22.0 Å². The summed E-state index contributed by atoms with van der Waals surface area (Å²) in [6.07, 6.45) is 0. The highest BCUT2D eigenvalue weighted by molar-refractivity contribution is 6.83. The van der Waals surface area contributed by atoms with Gasteiger partial charge in [0.05, 0.1) is 42.7 Å². The minimum atomic E-state index is -1.50. The first kappa shape index (κ1) is 93.2. The lowest BCUT2D eigenvalue weighted by atomic mass is 9.85. The van der Waals surface area contributed by atoms with Crippen molar-refractivity contribution in [3.8, 4) is 34.5 Å². The summed E-state index contributed by atoms with van der Waals surface area (Å²) in [5.41, 5.74) is 13.8. The van der Waals surface area contributed by atoms with Crippen molar-refractivity contribution in [2.45, 2.75) is 155 Å². The summed E-state index contributed by atoms with van der Waals surface area (Å²) in [7, 11) is 0. The first-order valence-electron chi connectivity index (χ1n) is 34.1. The maximum atomic E-state index is 13.2. The number of hydrogen-bond acceptors (Lipinski definition) is 19. The fourth-order valence-electron chi connectivity index (χ4n) is 10.8. The molecule has 2 fully saturated rings. The Labute approximate surface area is 635 Å². The van der Waals surface area contributed by atoms with E-state index in [0.29, 0.717) is 63.6 Å². The third-order valence-corrected chi connectivity index (χ3v) is 17.4. The summed E-state index contributed by atoms with van der Waals surface area (Å²) < 4.78 is 22.7. The van der Waals surface area contributed by atoms with Gasteiger partial charge in [-0.15, -0.1) is 10.1 Å². The molecule has 0 aliphatic carbocycles. The van der Waals surface area contributed by atoms with Crippen LogP contribution in [0.5, 0.6) is 34.5 Å². The molecule has 0 spiro atoms. The predicted molar refractivity (Wildman–Crippen MR) is 428 cm³/mol. The second-order valence-corrected chi connectivity index (χ2v) is 29.7. The average molecular weight is 1500 g/mol. The van der Waals surface area contributed by atoms with Gasteiger partial charge in [-0.2, -0.15) is 0 Å². The molecule has 1 amide bonds. The summed E-state index contributed by atoms with van der Waals surface area (Å²) in [6, 6.07) is 37.8. The summed E-state index contributed by atoms with van der Waals surface area (Å²) in [4.78, 5) is 72.4. The number of morpholine rings is 2. The number of halogens is 1. The van der Waals surface area contributed by atoms with Crippen LogP contribution in [-0.4, -0.2) is 147 Å². The topological polar surface area (TPSA) is 337 Å². The quantitative estimate of drug-likeness (QED) is 0.0101. The number of hydrogen-bond donors (Lipinski definition) is 7. The second-order valence-electron chi connectivity index (χ2n) is 29.4. The highest BCUT2D eigenvalue weighted by Crippen LogP contribution is 2.38. The number of phenolic OH excluding ortho intramolecular Hbond substituents is 4. The number of amides is 1. The number of ether oxygens (including phenoxy) is 4. The fraction of sp³-hybridized carbons (Fsp3) is 0.422. The van der Waals surface area contributed by atoms with Crippen molar-refractivity contribution in [2.75, 3.05) is 90.0 Å². The average Bonchev–Trinajstić information content (AvgIpc) is 0.791. The number of nitrogens with one attached hydrogen (secondary N) is 1. The van der Waals surface area contributed by atoms with Gasteiger partial charge in [0.2, 0.25) is 5.78 Å². The van der Waals surface area contributed by atoms with Gasteiger partial charge in [-0.25, -0.2) is 0 Å². The molecule has 8 N–H and O–H groups in total. The largest absolute Gasteiger partial charge is 0.508 e. The first-order valence-corrected chi connectivity index (χ1v) is 34.4. The van der Waals surface area contributed by atoms with E-state index >= 15 is 0 Å². The molecule has 0 saturated carbocycles. The van der Waals surface area contributed by atoms with E-state index in [1.54, 1.807) is 62.4 Å². The zero-order chi connectivity index (χ0) is 77.8. The summed E-state index contributed by atoms with van der Waals surface area (Å²) in [6.45, 7) is 41.4. The van der Waals surface area contributed by atoms with E-state index in [-0.39, 0.29) is 78.1 Å². The number of nitrogens with zero attached hydrogens (tertiary/aromatic N) is 4. The van der Waals surface area contributed by atoms with Crippen LogP contribution in [0, 0.1) is 47.9 Å². The highest BCUT2D eigenvalue weighted by Gasteiger charge is 2.27. The third kappa shape index (κ3) is 27.7. The molecule has 0 aromatic heterocycles. The Kier molecular flexibility index (Phi) is 35.9. The maximum Gasteiger partial charge on any atom is 0.311 e. The Morgan fingerprint density at radius 3 is 1.25 bits per heavy atom. The van der Waals surface area contributed by atoms with Crippen molar-refractivity contribution in [1.29, 1.82) is 0 Å². The molecule has 10 rings (SSSR count). The molecular weight excluding hydrogens is 1390 g/mol. The number of carbonyl (C=O) groups excluding carboxylic acids is 4. The van der Waals surface area contributed by atoms with Crippen molar-refractivity contribution < 1.29 is 73.8 Å². The van der Waals surface area contributed by atoms with Gasteiger partial charge >= 0.3 is 5.69 Å². The Hall–Kier alpha value is -9.91. The molecule has 23 nitrogen and oxygen atoms in total. The van der Waals surface area contributed by atoms with Crippen LogP contribution in [0.1, 0.15) is 171 Å². The van der Waals surface area contributed by atoms with Crippen LogP contribution < -0.4 is 20.5 Å². The lowest BCUT2D eigenvalue weighted by Gasteiger charge is -2.26. The molecule has 107 heavy (non-hydrogen) atoms. The molecular formula is C83H113ClN6O17. The third-order valence-electron chi connectivity index (χ3n) is 17.2. The summed E-state index contributed by atoms with van der Waals surface area (Å²) in [5, 5.41) is 67.7. The fourth-order valence-corrected chi connectivity index (χ4v) is 10.9. The molecule has 0 unspecified atom stereocenters. The number of Topliss-reactive ketones (excluding diaryl/α,β-unsaturated/α-hetero) is 2. The Balaban J connectivity index is 0.000000475. The summed E-state index contributed by atoms with van der Waals surface area (Å²) >= 11 is 5.34. The smallest absolute Gasteiger partial charge is 0.311 e. The van der Waals surface area contributed by atoms with Crippen LogP contribution >= 0.6 is 11.6 Å². The number of carbonyl (C=O) groups is 4. The van der Waals surface area contributed by atoms with Crippen LogP contribution in [0.3, 0.4) is 0 Å². The number of phenols is 4. The molecule has 2 heterocycles. The number of rotatable bonds is 14. The second kappa shape index (κ2) is 41.3. The number of nitro groups is 1. The highest BCUT2D eigenvalue weighted by atomic mass is 35.5. The van der Waals surface area contributed by atoms with Crippen molar-refractivity contribution in [3.63, 3.8) is 0 Å². The van der Waals surface area contributed by atoms with E-state index in [9.17, 15) is 49.7 Å². The molecule has 8 aromatic rings. The van der Waals surface area contributed by atoms with Gasteiger partial charge in [0, 0.05) is 67.2 Å². The van der Waals surface area contributed by atoms with E-state index in [4.69, 9.17) is 51.6 Å². The van der Waals surface area contributed by atoms with Crippen LogP contribution in [0.25, 0.3) is 21.5 Å². The molecule has 2 aliphatic rings. The lowest BCUT2D eigenvalue weighted by Crippen LogP contribution is -2.38. The number of anilines is 2. The van der Waals surface area contributed by atoms with Crippen LogP contribution in [0.2, 0.25) is 0 Å². The van der Waals surface area contributed by atoms with Crippen LogP contribution in [0.4, 0.5) is 17.1 Å². The minimum Gasteiger partial charge on any atom is -0.508 e. The van der Waals surface area contributed by atoms with Gasteiger partial charge in [0.15, 0.2) is 5.75 Å². The number of aryl methyl sites for hydroxylation is 4. The first-order chi connectivity index (χ1) is 48.5. The number of nitro benzene ring substituents is 1. The minimum absolute atomic E-state index is 0. The van der Waals surface area contributed by atoms with Gasteiger partial charge in [-0.05, 0) is 159 Å². The van der Waals surface area contributed by atoms with E-state index in [2.05, 4.69) is 56.7 Å². The molecule has 2 saturated heterocycles. The van der Waals surface area contributed by atoms with Gasteiger partial charge in [-0.3, -0.25) is 39.1 Å². The van der Waals surface area contributed by atoms with E-state index in [1.165, 1.54) is 11.6 Å². The van der Waals surface area contributed by atoms with Crippen LogP contribution in [-0.2, 0) is 40.7 Å². The van der Waals surface area contributed by atoms with E-state index in [1.807, 2.05) is 128 Å². The summed E-state index contributed by atoms with van der Waals surface area (Å²) in [5.74, 6) is -0.527. The molecule has 0 bridgehead atoms. The molecule has 24 heteroatoms. The van der Waals surface area contributed by atoms with Crippen molar-refractivity contribution >= 4 is 72.9 Å². The maximum absolute atomic E-state index is 13.2. The number of fused-ring (bicyclic) bond motifs is 2. The van der Waals surface area contributed by atoms with E-state index < -0.39 is 32.7 Å². The van der Waals surface area contributed by atoms with Crippen molar-refractivity contribution in [2.24, 2.45) is 0 Å². The molecule has 8 aromatic carbocycles. The van der Waals surface area contributed by atoms with Crippen molar-refractivity contribution in [1.82, 2.24) is 9.80 Å². The van der Waals surface area contributed by atoms with Gasteiger partial charge < -0.3 is 55.6 Å². The van der Waals surface area contributed by atoms with Crippen molar-refractivity contribution in [3.05, 3.63) is 203 Å². The normalized spacial score (nSPS) is 12.9. The molecule has 2 aliphatic heterocycles. The monoisotopic (exact) mass is 1500 g/mol. The number of ketones is 2. The van der Waals surface area contributed by atoms with E-state index in [0.717, 1.165) is 104 Å². The Morgan fingerprint density at radius 1 is 0.505 bits per heavy atom. The standard InChI is InChI=1S/C29H34N2O5.C18H18ClNO4.C11H15NO3.C11H17NO.C11H16O.3CH4.HNO3/c1-19-17-20(29(2,3)4)18-24(26(19)32)30-28(34)27(33)23-9-10-25(22-8-6-5-7-21(22)23)36-16-13-31-11-14-35-15-12-31;19-18(22)17(21)15-5-6-16(14-4-2-1-3-13(14)15)24-12-9-20-7-10-23-11-8-20;1-7-5-8(11(2,3)4)6-9(10(7)13)12(14)15;1-7-5-8(11(2,3)4)6-9(12)10(7)13;1-8-7-9(11(2,3)4)5-6-10(8)12;;;;2-1(3)4/h5-10,17-18,32H,11-16H2,1-4H3,(H,30,34);1-6H,7-12H2;5-6,13H,1-4H3;5-6,13H,12H2,1-4H3;5-7,12H,1-4H3;3*1H4;(H,2,3,4). The molecule has 0 radical (unpaired) electrons. The van der Waals surface area contributed by atoms with Gasteiger partial charge in [-0.1, -0.05) is 184 Å². The molecule has 584 valence electrons. The zero-order valence-corrected chi connectivity index (χ0v) is 63.2. The SMILES string of the molecule is C.C.C.Cc1cc(C(C)(C)C)cc(N)c1O.Cc1cc(C(C)(C)C)cc(NC(=O)C(=O)c2ccc(OCCN3CCOCC3)c3ccccc23)c1O.Cc1cc(C(C)(C)C)cc([N+](=O)[O-])c1O.Cc1cc(C(C)(C)C)ccc1O.O=C(Cl)C(=O)c1ccc(OCCN2CCOCC2)c2ccccc12.O=[N+]([O-])O. The number of nitrogen functional groups attached to an aromatic ring is 1. The Morgan fingerprint density at radius 2 is 0.869 bits per heavy atom. The Bertz CT molecular complexity index is 4300. The molecule has 0 atom stereocenters.